The van der Waals surface area contributed by atoms with Crippen LogP contribution in [0, 0.1) is 6.92 Å². The van der Waals surface area contributed by atoms with Crippen LogP contribution in [0.2, 0.25) is 10.0 Å². The summed E-state index contributed by atoms with van der Waals surface area (Å²) in [7, 11) is 1.96. The van der Waals surface area contributed by atoms with Crippen LogP contribution in [0.5, 0.6) is 0 Å². The van der Waals surface area contributed by atoms with Crippen LogP contribution in [0.3, 0.4) is 0 Å². The Labute approximate surface area is 129 Å². The van der Waals surface area contributed by atoms with E-state index < -0.39 is 0 Å². The summed E-state index contributed by atoms with van der Waals surface area (Å²) in [4.78, 5) is 0. The molecule has 108 valence electrons. The Kier molecular flexibility index (Phi) is 5.08. The Morgan fingerprint density at radius 1 is 1.35 bits per heavy atom. The highest BCUT2D eigenvalue weighted by Gasteiger charge is 2.17. The zero-order valence-electron chi connectivity index (χ0n) is 12.0. The van der Waals surface area contributed by atoms with Crippen molar-refractivity contribution in [3.63, 3.8) is 0 Å². The molecule has 0 spiro atoms. The fourth-order valence-electron chi connectivity index (χ4n) is 2.41. The number of nitrogens with zero attached hydrogens (tertiary/aromatic N) is 2. The zero-order chi connectivity index (χ0) is 14.7. The molecular weight excluding hydrogens is 293 g/mol. The van der Waals surface area contributed by atoms with Crippen LogP contribution in [0.1, 0.15) is 29.9 Å². The van der Waals surface area contributed by atoms with Gasteiger partial charge in [0.2, 0.25) is 0 Å². The molecule has 1 unspecified atom stereocenters. The summed E-state index contributed by atoms with van der Waals surface area (Å²) in [6.07, 6.45) is 0.784. The van der Waals surface area contributed by atoms with E-state index in [1.807, 2.05) is 36.9 Å². The molecule has 0 saturated carbocycles. The summed E-state index contributed by atoms with van der Waals surface area (Å²) in [6, 6.07) is 8.03. The molecule has 0 fully saturated rings. The molecule has 5 heteroatoms. The molecule has 0 aliphatic rings. The number of aryl methyl sites for hydroxylation is 2. The van der Waals surface area contributed by atoms with Crippen molar-refractivity contribution in [2.45, 2.75) is 26.3 Å². The zero-order valence-corrected chi connectivity index (χ0v) is 13.5. The average molecular weight is 312 g/mol. The summed E-state index contributed by atoms with van der Waals surface area (Å²) in [5, 5.41) is 9.13. The lowest BCUT2D eigenvalue weighted by atomic mass is 10.0. The van der Waals surface area contributed by atoms with E-state index in [9.17, 15) is 0 Å². The van der Waals surface area contributed by atoms with E-state index in [2.05, 4.69) is 23.4 Å². The number of nitrogens with one attached hydrogen (secondary N) is 1. The van der Waals surface area contributed by atoms with Crippen molar-refractivity contribution >= 4 is 23.2 Å². The van der Waals surface area contributed by atoms with E-state index in [-0.39, 0.29) is 6.04 Å². The molecule has 1 heterocycles. The van der Waals surface area contributed by atoms with Gasteiger partial charge >= 0.3 is 0 Å². The maximum Gasteiger partial charge on any atom is 0.0625 e. The second-order valence-electron chi connectivity index (χ2n) is 4.86. The average Bonchev–Trinajstić information content (AvgIpc) is 2.73. The summed E-state index contributed by atoms with van der Waals surface area (Å²) in [5.74, 6) is 0. The molecule has 0 amide bonds. The minimum absolute atomic E-state index is 0.169. The molecule has 0 aliphatic heterocycles. The molecule has 1 aromatic carbocycles. The molecule has 2 aromatic rings. The third kappa shape index (κ3) is 3.35. The van der Waals surface area contributed by atoms with Crippen LogP contribution >= 0.6 is 23.2 Å². The number of aromatic nitrogens is 2. The predicted octanol–water partition coefficient (Wildman–Crippen LogP) is 3.93. The second kappa shape index (κ2) is 6.61. The van der Waals surface area contributed by atoms with Gasteiger partial charge in [-0.05, 0) is 37.6 Å². The van der Waals surface area contributed by atoms with Gasteiger partial charge in [-0.25, -0.2) is 0 Å². The third-order valence-corrected chi connectivity index (χ3v) is 4.16. The monoisotopic (exact) mass is 311 g/mol. The number of halogens is 2. The minimum atomic E-state index is 0.169. The lowest BCUT2D eigenvalue weighted by molar-refractivity contribution is 0.507. The first-order chi connectivity index (χ1) is 9.52. The normalized spacial score (nSPS) is 12.7. The molecule has 1 N–H and O–H groups in total. The van der Waals surface area contributed by atoms with E-state index in [0.717, 1.165) is 29.9 Å². The van der Waals surface area contributed by atoms with Crippen LogP contribution in [0.25, 0.3) is 0 Å². The van der Waals surface area contributed by atoms with Crippen LogP contribution in [-0.2, 0) is 13.5 Å². The summed E-state index contributed by atoms with van der Waals surface area (Å²) >= 11 is 12.4. The largest absolute Gasteiger partial charge is 0.309 e. The van der Waals surface area contributed by atoms with Gasteiger partial charge in [-0.2, -0.15) is 5.10 Å². The molecule has 20 heavy (non-hydrogen) atoms. The van der Waals surface area contributed by atoms with E-state index >= 15 is 0 Å². The number of rotatable bonds is 5. The summed E-state index contributed by atoms with van der Waals surface area (Å²) in [6.45, 7) is 4.97. The Hall–Kier alpha value is -1.03. The maximum atomic E-state index is 6.29. The predicted molar refractivity (Wildman–Crippen MR) is 84.5 cm³/mol. The fraction of sp³-hybridized carbons (Fsp3) is 0.400. The highest BCUT2D eigenvalue weighted by molar-refractivity contribution is 6.42. The highest BCUT2D eigenvalue weighted by atomic mass is 35.5. The van der Waals surface area contributed by atoms with Crippen molar-refractivity contribution in [2.75, 3.05) is 6.54 Å². The van der Waals surface area contributed by atoms with Gasteiger partial charge in [-0.3, -0.25) is 4.68 Å². The first-order valence-electron chi connectivity index (χ1n) is 6.69. The molecule has 0 aliphatic carbocycles. The van der Waals surface area contributed by atoms with Crippen molar-refractivity contribution < 1.29 is 0 Å². The Bertz CT molecular complexity index is 593. The van der Waals surface area contributed by atoms with Gasteiger partial charge in [-0.1, -0.05) is 42.3 Å². The van der Waals surface area contributed by atoms with Gasteiger partial charge in [0, 0.05) is 7.05 Å². The second-order valence-corrected chi connectivity index (χ2v) is 5.65. The van der Waals surface area contributed by atoms with Gasteiger partial charge in [0.15, 0.2) is 0 Å². The van der Waals surface area contributed by atoms with Crippen LogP contribution in [0.15, 0.2) is 24.3 Å². The summed E-state index contributed by atoms with van der Waals surface area (Å²) in [5.41, 5.74) is 3.21. The van der Waals surface area contributed by atoms with Crippen molar-refractivity contribution in [3.05, 3.63) is 51.3 Å². The molecular formula is C15H19Cl2N3. The van der Waals surface area contributed by atoms with E-state index in [1.54, 1.807) is 0 Å². The Balaban J connectivity index is 2.30. The third-order valence-electron chi connectivity index (χ3n) is 3.30. The quantitative estimate of drug-likeness (QED) is 0.906. The molecule has 1 aromatic heterocycles. The first-order valence-corrected chi connectivity index (χ1v) is 7.45. The molecule has 1 atom stereocenters. The molecule has 3 nitrogen and oxygen atoms in total. The van der Waals surface area contributed by atoms with Crippen LogP contribution in [0.4, 0.5) is 0 Å². The smallest absolute Gasteiger partial charge is 0.0625 e. The van der Waals surface area contributed by atoms with Crippen molar-refractivity contribution in [3.8, 4) is 0 Å². The fourth-order valence-corrected chi connectivity index (χ4v) is 2.81. The van der Waals surface area contributed by atoms with E-state index in [1.165, 1.54) is 0 Å². The minimum Gasteiger partial charge on any atom is -0.309 e. The maximum absolute atomic E-state index is 6.29. The Morgan fingerprint density at radius 2 is 2.10 bits per heavy atom. The van der Waals surface area contributed by atoms with Gasteiger partial charge in [0.05, 0.1) is 27.5 Å². The number of benzene rings is 1. The summed E-state index contributed by atoms with van der Waals surface area (Å²) < 4.78 is 1.92. The number of likely N-dealkylation sites (N-methyl/N-ethyl adjacent to an activating group) is 1. The Morgan fingerprint density at radius 3 is 2.70 bits per heavy atom. The lowest BCUT2D eigenvalue weighted by Gasteiger charge is -2.19. The van der Waals surface area contributed by atoms with Gasteiger partial charge in [-0.15, -0.1) is 0 Å². The molecule has 0 bridgehead atoms. The number of hydrogen-bond acceptors (Lipinski definition) is 2. The van der Waals surface area contributed by atoms with Gasteiger partial charge < -0.3 is 5.32 Å². The highest BCUT2D eigenvalue weighted by Crippen LogP contribution is 2.29. The number of hydrogen-bond donors (Lipinski definition) is 1. The first kappa shape index (κ1) is 15.4. The SMILES string of the molecule is CCNC(Cc1cccc(Cl)c1Cl)c1cc(C)nn1C. The standard InChI is InChI=1S/C15H19Cl2N3/c1-4-18-13(14-8-10(2)19-20(14)3)9-11-6-5-7-12(16)15(11)17/h5-8,13,18H,4,9H2,1-3H3. The van der Waals surface area contributed by atoms with Crippen molar-refractivity contribution in [1.82, 2.24) is 15.1 Å². The van der Waals surface area contributed by atoms with Crippen LogP contribution < -0.4 is 5.32 Å². The van der Waals surface area contributed by atoms with E-state index in [4.69, 9.17) is 23.2 Å². The lowest BCUT2D eigenvalue weighted by Crippen LogP contribution is -2.25. The van der Waals surface area contributed by atoms with Crippen molar-refractivity contribution in [2.24, 2.45) is 7.05 Å². The molecule has 0 radical (unpaired) electrons. The topological polar surface area (TPSA) is 29.9 Å². The van der Waals surface area contributed by atoms with Gasteiger partial charge in [0.25, 0.3) is 0 Å². The van der Waals surface area contributed by atoms with Gasteiger partial charge in [0.1, 0.15) is 0 Å². The molecule has 2 rings (SSSR count). The molecule has 0 saturated heterocycles. The van der Waals surface area contributed by atoms with Crippen molar-refractivity contribution in [1.29, 1.82) is 0 Å². The van der Waals surface area contributed by atoms with Crippen LogP contribution in [-0.4, -0.2) is 16.3 Å². The van der Waals surface area contributed by atoms with E-state index in [0.29, 0.717) is 10.0 Å².